The maximum absolute atomic E-state index is 3.28. The van der Waals surface area contributed by atoms with Crippen LogP contribution in [0.4, 0.5) is 0 Å². The molecule has 0 aromatic heterocycles. The van der Waals surface area contributed by atoms with E-state index in [0.717, 1.165) is 25.9 Å². The molecule has 12 heavy (non-hydrogen) atoms. The highest BCUT2D eigenvalue weighted by Crippen LogP contribution is 1.98. The molecule has 0 aromatic rings. The van der Waals surface area contributed by atoms with Crippen molar-refractivity contribution >= 4 is 0 Å². The summed E-state index contributed by atoms with van der Waals surface area (Å²) in [5.74, 6) is 5.94. The molecule has 0 rings (SSSR count). The molecule has 68 valence electrons. The first kappa shape index (κ1) is 11.3. The van der Waals surface area contributed by atoms with Gasteiger partial charge in [-0.15, -0.1) is 5.92 Å². The van der Waals surface area contributed by atoms with Crippen molar-refractivity contribution in [1.29, 1.82) is 0 Å². The number of rotatable bonds is 5. The van der Waals surface area contributed by atoms with Gasteiger partial charge < -0.3 is 5.32 Å². The van der Waals surface area contributed by atoms with Gasteiger partial charge in [0.15, 0.2) is 0 Å². The zero-order chi connectivity index (χ0) is 9.23. The minimum atomic E-state index is 0.919. The first-order valence-corrected chi connectivity index (χ1v) is 4.57. The first-order chi connectivity index (χ1) is 5.81. The second kappa shape index (κ2) is 8.36. The van der Waals surface area contributed by atoms with E-state index in [1.54, 1.807) is 0 Å². The Hall–Kier alpha value is -0.740. The molecule has 0 spiro atoms. The van der Waals surface area contributed by atoms with E-state index in [0.29, 0.717) is 0 Å². The number of hydrogen-bond donors (Lipinski definition) is 1. The maximum atomic E-state index is 3.28. The lowest BCUT2D eigenvalue weighted by atomic mass is 10.2. The Bertz CT molecular complexity index is 181. The summed E-state index contributed by atoms with van der Waals surface area (Å²) in [6, 6.07) is 0. The molecular formula is C11H19N. The van der Waals surface area contributed by atoms with Gasteiger partial charge >= 0.3 is 0 Å². The Morgan fingerprint density at radius 1 is 1.50 bits per heavy atom. The van der Waals surface area contributed by atoms with Crippen molar-refractivity contribution in [2.24, 2.45) is 0 Å². The van der Waals surface area contributed by atoms with Crippen molar-refractivity contribution in [2.75, 3.05) is 13.1 Å². The number of nitrogens with one attached hydrogen (secondary N) is 1. The van der Waals surface area contributed by atoms with Crippen LogP contribution in [0.2, 0.25) is 0 Å². The Kier molecular flexibility index (Phi) is 7.84. The van der Waals surface area contributed by atoms with Gasteiger partial charge in [-0.1, -0.05) is 24.5 Å². The van der Waals surface area contributed by atoms with E-state index in [1.807, 2.05) is 6.92 Å². The van der Waals surface area contributed by atoms with Gasteiger partial charge in [-0.05, 0) is 33.4 Å². The van der Waals surface area contributed by atoms with Gasteiger partial charge in [-0.2, -0.15) is 0 Å². The molecule has 0 atom stereocenters. The Labute approximate surface area is 76.2 Å². The smallest absolute Gasteiger partial charge is 0.0296 e. The summed E-state index contributed by atoms with van der Waals surface area (Å²) >= 11 is 0. The molecule has 1 heteroatoms. The predicted molar refractivity (Wildman–Crippen MR) is 55.0 cm³/mol. The van der Waals surface area contributed by atoms with Gasteiger partial charge in [-0.3, -0.25) is 0 Å². The van der Waals surface area contributed by atoms with E-state index in [4.69, 9.17) is 0 Å². The summed E-state index contributed by atoms with van der Waals surface area (Å²) in [6.07, 6.45) is 4.29. The fourth-order valence-electron chi connectivity index (χ4n) is 0.897. The molecule has 0 heterocycles. The van der Waals surface area contributed by atoms with E-state index < -0.39 is 0 Å². The largest absolute Gasteiger partial charge is 0.317 e. The minimum absolute atomic E-state index is 0.919. The van der Waals surface area contributed by atoms with Gasteiger partial charge in [0.2, 0.25) is 0 Å². The highest BCUT2D eigenvalue weighted by atomic mass is 14.8. The van der Waals surface area contributed by atoms with Crippen molar-refractivity contribution in [3.05, 3.63) is 11.6 Å². The van der Waals surface area contributed by atoms with Crippen LogP contribution in [0.5, 0.6) is 0 Å². The first-order valence-electron chi connectivity index (χ1n) is 4.57. The third-order valence-corrected chi connectivity index (χ3v) is 1.61. The highest BCUT2D eigenvalue weighted by Gasteiger charge is 1.85. The summed E-state index contributed by atoms with van der Waals surface area (Å²) in [4.78, 5) is 0. The molecular weight excluding hydrogens is 146 g/mol. The monoisotopic (exact) mass is 165 g/mol. The highest BCUT2D eigenvalue weighted by molar-refractivity contribution is 5.10. The van der Waals surface area contributed by atoms with Crippen LogP contribution < -0.4 is 5.32 Å². The molecule has 1 N–H and O–H groups in total. The van der Waals surface area contributed by atoms with Crippen LogP contribution in [0.25, 0.3) is 0 Å². The molecule has 0 aliphatic carbocycles. The molecule has 0 unspecified atom stereocenters. The van der Waals surface area contributed by atoms with Gasteiger partial charge in [-0.25, -0.2) is 0 Å². The average molecular weight is 165 g/mol. The minimum Gasteiger partial charge on any atom is -0.317 e. The molecule has 1 nitrogen and oxygen atoms in total. The molecule has 0 saturated carbocycles. The molecule has 0 bridgehead atoms. The molecule has 0 aromatic carbocycles. The zero-order valence-corrected chi connectivity index (χ0v) is 8.41. The van der Waals surface area contributed by atoms with Crippen LogP contribution in [0, 0.1) is 11.8 Å². The van der Waals surface area contributed by atoms with Crippen LogP contribution in [0.3, 0.4) is 0 Å². The van der Waals surface area contributed by atoms with Crippen LogP contribution in [0.1, 0.15) is 33.6 Å². The van der Waals surface area contributed by atoms with Gasteiger partial charge in [0.1, 0.15) is 0 Å². The van der Waals surface area contributed by atoms with E-state index in [-0.39, 0.29) is 0 Å². The van der Waals surface area contributed by atoms with Gasteiger partial charge in [0, 0.05) is 6.42 Å². The van der Waals surface area contributed by atoms with E-state index >= 15 is 0 Å². The van der Waals surface area contributed by atoms with E-state index in [1.165, 1.54) is 5.57 Å². The lowest BCUT2D eigenvalue weighted by Crippen LogP contribution is -2.13. The van der Waals surface area contributed by atoms with Crippen LogP contribution in [0.15, 0.2) is 11.6 Å². The third-order valence-electron chi connectivity index (χ3n) is 1.61. The lowest BCUT2D eigenvalue weighted by molar-refractivity contribution is 0.724. The number of allylic oxidation sites excluding steroid dienone is 1. The maximum Gasteiger partial charge on any atom is 0.0296 e. The van der Waals surface area contributed by atoms with Crippen LogP contribution in [-0.2, 0) is 0 Å². The van der Waals surface area contributed by atoms with Gasteiger partial charge in [0.05, 0.1) is 0 Å². The molecule has 0 fully saturated rings. The Morgan fingerprint density at radius 3 is 2.83 bits per heavy atom. The topological polar surface area (TPSA) is 12.0 Å². The SMILES string of the molecule is CC#CCC(C)=CCCNCC. The Balaban J connectivity index is 3.45. The third kappa shape index (κ3) is 7.37. The van der Waals surface area contributed by atoms with Gasteiger partial charge in [0.25, 0.3) is 0 Å². The second-order valence-electron chi connectivity index (χ2n) is 2.80. The normalized spacial score (nSPS) is 10.8. The average Bonchev–Trinajstić information content (AvgIpc) is 2.09. The molecule has 0 amide bonds. The van der Waals surface area contributed by atoms with Crippen molar-refractivity contribution in [3.8, 4) is 11.8 Å². The quantitative estimate of drug-likeness (QED) is 0.374. The van der Waals surface area contributed by atoms with Crippen molar-refractivity contribution < 1.29 is 0 Å². The van der Waals surface area contributed by atoms with Crippen LogP contribution >= 0.6 is 0 Å². The molecule has 0 aliphatic heterocycles. The second-order valence-corrected chi connectivity index (χ2v) is 2.80. The standard InChI is InChI=1S/C11H19N/c1-4-6-8-11(3)9-7-10-12-5-2/h9,12H,5,7-8,10H2,1-3H3. The van der Waals surface area contributed by atoms with Crippen molar-refractivity contribution in [1.82, 2.24) is 5.32 Å². The Morgan fingerprint density at radius 2 is 2.25 bits per heavy atom. The van der Waals surface area contributed by atoms with E-state index in [9.17, 15) is 0 Å². The predicted octanol–water partition coefficient (Wildman–Crippen LogP) is 2.35. The summed E-state index contributed by atoms with van der Waals surface area (Å²) in [7, 11) is 0. The van der Waals surface area contributed by atoms with Crippen molar-refractivity contribution in [3.63, 3.8) is 0 Å². The summed E-state index contributed by atoms with van der Waals surface area (Å²) in [5, 5.41) is 3.28. The number of hydrogen-bond acceptors (Lipinski definition) is 1. The molecule has 0 radical (unpaired) electrons. The van der Waals surface area contributed by atoms with E-state index in [2.05, 4.69) is 37.1 Å². The summed E-state index contributed by atoms with van der Waals surface area (Å²) < 4.78 is 0. The zero-order valence-electron chi connectivity index (χ0n) is 8.41. The summed E-state index contributed by atoms with van der Waals surface area (Å²) in [6.45, 7) is 8.27. The lowest BCUT2D eigenvalue weighted by Gasteiger charge is -1.97. The van der Waals surface area contributed by atoms with Crippen LogP contribution in [-0.4, -0.2) is 13.1 Å². The fraction of sp³-hybridized carbons (Fsp3) is 0.636. The molecule has 0 aliphatic rings. The summed E-state index contributed by atoms with van der Waals surface area (Å²) in [5.41, 5.74) is 1.38. The fourth-order valence-corrected chi connectivity index (χ4v) is 0.897. The molecule has 0 saturated heterocycles. The van der Waals surface area contributed by atoms with Crippen molar-refractivity contribution in [2.45, 2.75) is 33.6 Å².